The summed E-state index contributed by atoms with van der Waals surface area (Å²) in [4.78, 5) is 2.57. The van der Waals surface area contributed by atoms with Crippen molar-refractivity contribution >= 4 is 0 Å². The van der Waals surface area contributed by atoms with Gasteiger partial charge in [0.25, 0.3) is 0 Å². The number of hydrogen-bond acceptors (Lipinski definition) is 3. The molecule has 0 spiro atoms. The molecule has 1 saturated heterocycles. The van der Waals surface area contributed by atoms with Gasteiger partial charge in [-0.1, -0.05) is 26.2 Å². The van der Waals surface area contributed by atoms with Crippen LogP contribution in [0.25, 0.3) is 0 Å². The van der Waals surface area contributed by atoms with E-state index in [1.165, 1.54) is 25.7 Å². The summed E-state index contributed by atoms with van der Waals surface area (Å²) in [6.45, 7) is 8.77. The minimum absolute atomic E-state index is 0.479. The lowest BCUT2D eigenvalue weighted by Gasteiger charge is -2.34. The van der Waals surface area contributed by atoms with Crippen molar-refractivity contribution in [2.75, 3.05) is 26.2 Å². The van der Waals surface area contributed by atoms with Gasteiger partial charge in [0.1, 0.15) is 11.5 Å². The lowest BCUT2D eigenvalue weighted by Crippen LogP contribution is -2.45. The van der Waals surface area contributed by atoms with Gasteiger partial charge in [-0.2, -0.15) is 0 Å². The molecule has 0 saturated carbocycles. The molecule has 0 aliphatic carbocycles. The summed E-state index contributed by atoms with van der Waals surface area (Å²) in [5, 5.41) is 3.42. The third-order valence-electron chi connectivity index (χ3n) is 3.76. The Kier molecular flexibility index (Phi) is 5.26. The molecule has 18 heavy (non-hydrogen) atoms. The van der Waals surface area contributed by atoms with Crippen LogP contribution in [0.1, 0.15) is 50.2 Å². The quantitative estimate of drug-likeness (QED) is 0.786. The first-order chi connectivity index (χ1) is 8.81. The van der Waals surface area contributed by atoms with Gasteiger partial charge >= 0.3 is 0 Å². The lowest BCUT2D eigenvalue weighted by molar-refractivity contribution is 0.143. The average Bonchev–Trinajstić information content (AvgIpc) is 2.82. The topological polar surface area (TPSA) is 28.4 Å². The number of unbranched alkanes of at least 4 members (excludes halogenated alkanes) is 2. The molecule has 1 aromatic heterocycles. The van der Waals surface area contributed by atoms with E-state index >= 15 is 0 Å². The molecule has 3 nitrogen and oxygen atoms in total. The van der Waals surface area contributed by atoms with Crippen LogP contribution in [0.2, 0.25) is 0 Å². The second kappa shape index (κ2) is 6.95. The van der Waals surface area contributed by atoms with Crippen molar-refractivity contribution < 1.29 is 4.42 Å². The molecule has 0 radical (unpaired) electrons. The molecule has 0 unspecified atom stereocenters. The Labute approximate surface area is 111 Å². The Balaban J connectivity index is 2.01. The number of piperazine rings is 1. The first kappa shape index (κ1) is 13.6. The van der Waals surface area contributed by atoms with Crippen molar-refractivity contribution in [3.63, 3.8) is 0 Å². The van der Waals surface area contributed by atoms with E-state index in [1.54, 1.807) is 0 Å². The van der Waals surface area contributed by atoms with E-state index in [1.807, 2.05) is 6.92 Å². The predicted octanol–water partition coefficient (Wildman–Crippen LogP) is 3.11. The molecule has 1 fully saturated rings. The molecule has 3 heteroatoms. The van der Waals surface area contributed by atoms with E-state index in [4.69, 9.17) is 4.42 Å². The van der Waals surface area contributed by atoms with Gasteiger partial charge in [0, 0.05) is 26.2 Å². The Morgan fingerprint density at radius 2 is 2.06 bits per heavy atom. The Hall–Kier alpha value is -0.800. The molecule has 0 aromatic carbocycles. The van der Waals surface area contributed by atoms with Crippen molar-refractivity contribution in [3.05, 3.63) is 23.7 Å². The molecule has 1 aliphatic heterocycles. The van der Waals surface area contributed by atoms with Gasteiger partial charge in [-0.05, 0) is 25.5 Å². The van der Waals surface area contributed by atoms with Crippen LogP contribution < -0.4 is 5.32 Å². The predicted molar refractivity (Wildman–Crippen MR) is 74.8 cm³/mol. The van der Waals surface area contributed by atoms with Gasteiger partial charge in [-0.3, -0.25) is 4.90 Å². The first-order valence-corrected chi connectivity index (χ1v) is 7.32. The molecular formula is C15H26N2O. The van der Waals surface area contributed by atoms with Crippen LogP contribution in [-0.4, -0.2) is 31.1 Å². The van der Waals surface area contributed by atoms with Crippen molar-refractivity contribution in [1.82, 2.24) is 10.2 Å². The third-order valence-corrected chi connectivity index (χ3v) is 3.76. The van der Waals surface area contributed by atoms with Crippen LogP contribution in [0.4, 0.5) is 0 Å². The molecule has 1 aromatic rings. The monoisotopic (exact) mass is 250 g/mol. The summed E-state index contributed by atoms with van der Waals surface area (Å²) < 4.78 is 5.87. The van der Waals surface area contributed by atoms with E-state index < -0.39 is 0 Å². The van der Waals surface area contributed by atoms with Crippen LogP contribution >= 0.6 is 0 Å². The second-order valence-electron chi connectivity index (χ2n) is 5.25. The molecule has 0 bridgehead atoms. The van der Waals surface area contributed by atoms with Gasteiger partial charge < -0.3 is 9.73 Å². The number of furan rings is 1. The molecule has 1 aliphatic rings. The largest absolute Gasteiger partial charge is 0.465 e. The molecule has 1 N–H and O–H groups in total. The van der Waals surface area contributed by atoms with Crippen LogP contribution in [-0.2, 0) is 0 Å². The Morgan fingerprint density at radius 1 is 1.28 bits per heavy atom. The number of hydrogen-bond donors (Lipinski definition) is 1. The standard InChI is InChI=1S/C15H26N2O/c1-3-4-5-6-14(15-8-7-13(2)18-15)17-11-9-16-10-12-17/h7-8,14,16H,3-6,9-12H2,1-2H3/t14-/m1/s1. The van der Waals surface area contributed by atoms with Crippen molar-refractivity contribution in [2.45, 2.75) is 45.6 Å². The van der Waals surface area contributed by atoms with Gasteiger partial charge in [-0.25, -0.2) is 0 Å². The van der Waals surface area contributed by atoms with E-state index in [0.29, 0.717) is 6.04 Å². The number of nitrogens with one attached hydrogen (secondary N) is 1. The maximum absolute atomic E-state index is 5.87. The summed E-state index contributed by atoms with van der Waals surface area (Å²) in [6.07, 6.45) is 5.12. The molecule has 2 rings (SSSR count). The smallest absolute Gasteiger partial charge is 0.121 e. The van der Waals surface area contributed by atoms with E-state index in [0.717, 1.165) is 37.7 Å². The Bertz CT molecular complexity index is 342. The SMILES string of the molecule is CCCCC[C@H](c1ccc(C)o1)N1CCNCC1. The van der Waals surface area contributed by atoms with Gasteiger partial charge in [0.15, 0.2) is 0 Å². The van der Waals surface area contributed by atoms with Crippen LogP contribution in [0.15, 0.2) is 16.5 Å². The van der Waals surface area contributed by atoms with Crippen molar-refractivity contribution in [2.24, 2.45) is 0 Å². The summed E-state index contributed by atoms with van der Waals surface area (Å²) in [5.41, 5.74) is 0. The first-order valence-electron chi connectivity index (χ1n) is 7.32. The van der Waals surface area contributed by atoms with Crippen molar-refractivity contribution in [1.29, 1.82) is 0 Å². The second-order valence-corrected chi connectivity index (χ2v) is 5.25. The molecule has 2 heterocycles. The van der Waals surface area contributed by atoms with E-state index in [9.17, 15) is 0 Å². The lowest BCUT2D eigenvalue weighted by atomic mass is 10.0. The number of rotatable bonds is 6. The normalized spacial score (nSPS) is 19.0. The van der Waals surface area contributed by atoms with Gasteiger partial charge in [0.05, 0.1) is 6.04 Å². The van der Waals surface area contributed by atoms with Gasteiger partial charge in [-0.15, -0.1) is 0 Å². The molecule has 0 amide bonds. The third kappa shape index (κ3) is 3.59. The number of nitrogens with zero attached hydrogens (tertiary/aromatic N) is 1. The highest BCUT2D eigenvalue weighted by molar-refractivity contribution is 5.10. The fourth-order valence-corrected chi connectivity index (χ4v) is 2.72. The van der Waals surface area contributed by atoms with Gasteiger partial charge in [0.2, 0.25) is 0 Å². The summed E-state index contributed by atoms with van der Waals surface area (Å²) >= 11 is 0. The fourth-order valence-electron chi connectivity index (χ4n) is 2.72. The summed E-state index contributed by atoms with van der Waals surface area (Å²) in [6, 6.07) is 4.73. The molecule has 102 valence electrons. The average molecular weight is 250 g/mol. The zero-order valence-electron chi connectivity index (χ0n) is 11.7. The number of aryl methyl sites for hydroxylation is 1. The van der Waals surface area contributed by atoms with Crippen molar-refractivity contribution in [3.8, 4) is 0 Å². The van der Waals surface area contributed by atoms with Crippen LogP contribution in [0.5, 0.6) is 0 Å². The zero-order chi connectivity index (χ0) is 12.8. The fraction of sp³-hybridized carbons (Fsp3) is 0.733. The maximum Gasteiger partial charge on any atom is 0.121 e. The summed E-state index contributed by atoms with van der Waals surface area (Å²) in [7, 11) is 0. The van der Waals surface area contributed by atoms with E-state index in [-0.39, 0.29) is 0 Å². The minimum Gasteiger partial charge on any atom is -0.465 e. The van der Waals surface area contributed by atoms with E-state index in [2.05, 4.69) is 29.3 Å². The summed E-state index contributed by atoms with van der Waals surface area (Å²) in [5.74, 6) is 2.19. The highest BCUT2D eigenvalue weighted by atomic mass is 16.3. The highest BCUT2D eigenvalue weighted by Gasteiger charge is 2.23. The zero-order valence-corrected chi connectivity index (χ0v) is 11.7. The highest BCUT2D eigenvalue weighted by Crippen LogP contribution is 2.28. The maximum atomic E-state index is 5.87. The van der Waals surface area contributed by atoms with Crippen LogP contribution in [0.3, 0.4) is 0 Å². The molecule has 1 atom stereocenters. The van der Waals surface area contributed by atoms with Crippen LogP contribution in [0, 0.1) is 6.92 Å². The Morgan fingerprint density at radius 3 is 2.67 bits per heavy atom. The minimum atomic E-state index is 0.479. The molecular weight excluding hydrogens is 224 g/mol.